The van der Waals surface area contributed by atoms with Crippen LogP contribution in [0.1, 0.15) is 45.1 Å². The Morgan fingerprint density at radius 1 is 1.06 bits per heavy atom. The molecule has 3 heterocycles. The number of rotatable bonds is 6. The first kappa shape index (κ1) is 23.6. The van der Waals surface area contributed by atoms with E-state index in [1.54, 1.807) is 25.4 Å². The average molecular weight is 499 g/mol. The highest BCUT2D eigenvalue weighted by Gasteiger charge is 2.43. The Morgan fingerprint density at radius 2 is 1.78 bits per heavy atom. The maximum absolute atomic E-state index is 11.3. The predicted molar refractivity (Wildman–Crippen MR) is 143 cm³/mol. The first-order chi connectivity index (χ1) is 17.4. The van der Waals surface area contributed by atoms with E-state index < -0.39 is 5.97 Å². The predicted octanol–water partition coefficient (Wildman–Crippen LogP) is 5.37. The lowest BCUT2D eigenvalue weighted by atomic mass is 9.96. The van der Waals surface area contributed by atoms with E-state index in [9.17, 15) is 9.90 Å². The van der Waals surface area contributed by atoms with Crippen LogP contribution in [0.2, 0.25) is 0 Å². The largest absolute Gasteiger partial charge is 0.495 e. The van der Waals surface area contributed by atoms with Crippen LogP contribution in [0.3, 0.4) is 0 Å². The zero-order valence-corrected chi connectivity index (χ0v) is 21.0. The second kappa shape index (κ2) is 9.47. The number of carbonyl (C=O) groups is 1. The summed E-state index contributed by atoms with van der Waals surface area (Å²) in [5.41, 5.74) is 6.06. The minimum Gasteiger partial charge on any atom is -0.495 e. The van der Waals surface area contributed by atoms with Crippen molar-refractivity contribution in [3.63, 3.8) is 0 Å². The molecule has 0 bridgehead atoms. The highest BCUT2D eigenvalue weighted by atomic mass is 32.1. The smallest absolute Gasteiger partial charge is 0.335 e. The van der Waals surface area contributed by atoms with Crippen LogP contribution in [0, 0.1) is 13.8 Å². The lowest BCUT2D eigenvalue weighted by Crippen LogP contribution is -2.30. The van der Waals surface area contributed by atoms with Crippen LogP contribution in [-0.4, -0.2) is 32.8 Å². The van der Waals surface area contributed by atoms with E-state index in [4.69, 9.17) is 17.0 Å². The number of aromatic carboxylic acids is 1. The number of carboxylic acid groups (broad SMARTS) is 1. The summed E-state index contributed by atoms with van der Waals surface area (Å²) in [7, 11) is 1.66. The summed E-state index contributed by atoms with van der Waals surface area (Å²) in [5.74, 6) is -0.217. The number of para-hydroxylation sites is 2. The molecule has 2 aromatic carbocycles. The third-order valence-electron chi connectivity index (χ3n) is 6.60. The van der Waals surface area contributed by atoms with Gasteiger partial charge in [-0.15, -0.1) is 0 Å². The number of anilines is 1. The van der Waals surface area contributed by atoms with Gasteiger partial charge in [-0.05, 0) is 86.2 Å². The van der Waals surface area contributed by atoms with Gasteiger partial charge in [-0.25, -0.2) is 4.79 Å². The van der Waals surface area contributed by atoms with Crippen molar-refractivity contribution in [1.82, 2.24) is 14.9 Å². The monoisotopic (exact) mass is 498 g/mol. The van der Waals surface area contributed by atoms with E-state index in [-0.39, 0.29) is 17.6 Å². The van der Waals surface area contributed by atoms with Crippen molar-refractivity contribution in [3.05, 3.63) is 107 Å². The Balaban J connectivity index is 1.67. The van der Waals surface area contributed by atoms with E-state index in [0.29, 0.717) is 5.11 Å². The highest BCUT2D eigenvalue weighted by Crippen LogP contribution is 2.46. The van der Waals surface area contributed by atoms with Crippen LogP contribution in [0.5, 0.6) is 5.75 Å². The lowest BCUT2D eigenvalue weighted by molar-refractivity contribution is 0.0697. The molecule has 1 fully saturated rings. The van der Waals surface area contributed by atoms with Crippen molar-refractivity contribution in [2.45, 2.75) is 25.9 Å². The molecule has 8 heteroatoms. The van der Waals surface area contributed by atoms with Crippen LogP contribution in [0.15, 0.2) is 79.0 Å². The molecular weight excluding hydrogens is 472 g/mol. The van der Waals surface area contributed by atoms with Gasteiger partial charge in [0.2, 0.25) is 0 Å². The molecule has 0 aliphatic carbocycles. The van der Waals surface area contributed by atoms with Crippen LogP contribution in [0.4, 0.5) is 5.69 Å². The quantitative estimate of drug-likeness (QED) is 0.346. The molecule has 0 amide bonds. The summed E-state index contributed by atoms with van der Waals surface area (Å²) in [6, 6.07) is 22.4. The van der Waals surface area contributed by atoms with Gasteiger partial charge >= 0.3 is 5.97 Å². The van der Waals surface area contributed by atoms with E-state index in [0.717, 1.165) is 39.8 Å². The number of nitrogens with zero attached hydrogens (tertiary/aromatic N) is 3. The number of aromatic nitrogens is 2. The fraction of sp³-hybridized carbons (Fsp3) is 0.179. The third-order valence-corrected chi connectivity index (χ3v) is 6.92. The number of benzene rings is 2. The zero-order chi connectivity index (χ0) is 25.4. The van der Waals surface area contributed by atoms with E-state index in [2.05, 4.69) is 32.8 Å². The minimum atomic E-state index is -0.945. The van der Waals surface area contributed by atoms with Crippen molar-refractivity contribution in [2.75, 3.05) is 12.0 Å². The Morgan fingerprint density at radius 3 is 2.44 bits per heavy atom. The number of methoxy groups -OCH3 is 1. The molecular formula is C28H26N4O3S. The molecule has 0 unspecified atom stereocenters. The highest BCUT2D eigenvalue weighted by molar-refractivity contribution is 7.80. The number of pyridine rings is 1. The second-order valence-electron chi connectivity index (χ2n) is 8.68. The fourth-order valence-electron chi connectivity index (χ4n) is 5.00. The standard InChI is InChI=1S/C28H26N4O3S/c1-17-16-21(18(2)31(17)20-13-11-19(12-14-20)27(33)34)26-25(22-8-6-7-15-29-22)30-28(36)32(26)23-9-4-5-10-24(23)35-3/h4-16,25-26H,1-3H3,(H,30,36)(H,33,34)/t25-,26+/m0/s1. The maximum Gasteiger partial charge on any atom is 0.335 e. The molecule has 0 spiro atoms. The van der Waals surface area contributed by atoms with Crippen LogP contribution in [0.25, 0.3) is 5.69 Å². The summed E-state index contributed by atoms with van der Waals surface area (Å²) >= 11 is 5.87. The first-order valence-electron chi connectivity index (χ1n) is 11.6. The van der Waals surface area contributed by atoms with Gasteiger partial charge in [0.15, 0.2) is 5.11 Å². The van der Waals surface area contributed by atoms with Crippen LogP contribution >= 0.6 is 12.2 Å². The Hall–Kier alpha value is -4.17. The molecule has 36 heavy (non-hydrogen) atoms. The summed E-state index contributed by atoms with van der Waals surface area (Å²) in [6.07, 6.45) is 1.79. The molecule has 0 saturated carbocycles. The average Bonchev–Trinajstić information content (AvgIpc) is 3.39. The van der Waals surface area contributed by atoms with E-state index in [1.165, 1.54) is 0 Å². The van der Waals surface area contributed by atoms with Gasteiger partial charge in [0.25, 0.3) is 0 Å². The van der Waals surface area contributed by atoms with Crippen molar-refractivity contribution in [3.8, 4) is 11.4 Å². The molecule has 2 atom stereocenters. The number of hydrogen-bond acceptors (Lipinski definition) is 4. The zero-order valence-electron chi connectivity index (χ0n) is 20.2. The Bertz CT molecular complexity index is 1430. The summed E-state index contributed by atoms with van der Waals surface area (Å²) in [4.78, 5) is 18.1. The van der Waals surface area contributed by atoms with Crippen molar-refractivity contribution in [1.29, 1.82) is 0 Å². The molecule has 5 rings (SSSR count). The Labute approximate surface area is 215 Å². The number of aryl methyl sites for hydroxylation is 1. The third kappa shape index (κ3) is 3.99. The normalized spacial score (nSPS) is 17.2. The fourth-order valence-corrected chi connectivity index (χ4v) is 5.34. The summed E-state index contributed by atoms with van der Waals surface area (Å²) < 4.78 is 7.83. The topological polar surface area (TPSA) is 79.6 Å². The van der Waals surface area contributed by atoms with Gasteiger partial charge in [0.1, 0.15) is 5.75 Å². The summed E-state index contributed by atoms with van der Waals surface area (Å²) in [5, 5.41) is 13.4. The first-order valence-corrected chi connectivity index (χ1v) is 12.0. The molecule has 0 radical (unpaired) electrons. The van der Waals surface area contributed by atoms with Gasteiger partial charge in [0, 0.05) is 23.3 Å². The maximum atomic E-state index is 11.3. The molecule has 7 nitrogen and oxygen atoms in total. The molecule has 4 aromatic rings. The number of hydrogen-bond donors (Lipinski definition) is 2. The van der Waals surface area contributed by atoms with Crippen LogP contribution in [-0.2, 0) is 0 Å². The molecule has 1 saturated heterocycles. The number of thiocarbonyl (C=S) groups is 1. The van der Waals surface area contributed by atoms with E-state index >= 15 is 0 Å². The molecule has 2 aromatic heterocycles. The van der Waals surface area contributed by atoms with E-state index in [1.807, 2.05) is 61.5 Å². The molecule has 1 aliphatic rings. The van der Waals surface area contributed by atoms with Gasteiger partial charge in [0.05, 0.1) is 36.1 Å². The van der Waals surface area contributed by atoms with Crippen LogP contribution < -0.4 is 15.0 Å². The number of ether oxygens (including phenoxy) is 1. The van der Waals surface area contributed by atoms with Crippen molar-refractivity contribution < 1.29 is 14.6 Å². The van der Waals surface area contributed by atoms with Crippen molar-refractivity contribution in [2.24, 2.45) is 0 Å². The molecule has 1 aliphatic heterocycles. The molecule has 182 valence electrons. The van der Waals surface area contributed by atoms with Crippen molar-refractivity contribution >= 4 is 29.0 Å². The van der Waals surface area contributed by atoms with Gasteiger partial charge in [-0.1, -0.05) is 18.2 Å². The second-order valence-corrected chi connectivity index (χ2v) is 9.07. The molecule has 2 N–H and O–H groups in total. The minimum absolute atomic E-state index is 0.188. The van der Waals surface area contributed by atoms with Gasteiger partial charge < -0.3 is 24.6 Å². The SMILES string of the molecule is COc1ccccc1N1C(=S)N[C@@H](c2ccccn2)[C@H]1c1cc(C)n(-c2ccc(C(=O)O)cc2)c1C. The summed E-state index contributed by atoms with van der Waals surface area (Å²) in [6.45, 7) is 4.12. The number of carboxylic acids is 1. The number of nitrogens with one attached hydrogen (secondary N) is 1. The Kier molecular flexibility index (Phi) is 6.20. The van der Waals surface area contributed by atoms with Gasteiger partial charge in [-0.3, -0.25) is 4.98 Å². The lowest BCUT2D eigenvalue weighted by Gasteiger charge is -2.29. The van der Waals surface area contributed by atoms with Gasteiger partial charge in [-0.2, -0.15) is 0 Å².